The molecule has 0 spiro atoms. The van der Waals surface area contributed by atoms with Crippen LogP contribution in [0.4, 0.5) is 0 Å². The number of allylic oxidation sites excluding steroid dienone is 1. The van der Waals surface area contributed by atoms with E-state index < -0.39 is 5.97 Å². The number of hydrogen-bond acceptors (Lipinski definition) is 2. The van der Waals surface area contributed by atoms with Crippen molar-refractivity contribution < 1.29 is 9.90 Å². The Morgan fingerprint density at radius 2 is 1.67 bits per heavy atom. The highest BCUT2D eigenvalue weighted by atomic mass is 16.4. The lowest BCUT2D eigenvalue weighted by atomic mass is 9.74. The zero-order valence-corrected chi connectivity index (χ0v) is 16.0. The lowest BCUT2D eigenvalue weighted by molar-refractivity contribution is -0.131. The van der Waals surface area contributed by atoms with Gasteiger partial charge in [0.15, 0.2) is 0 Å². The Balaban J connectivity index is 0.000000413. The average Bonchev–Trinajstić information content (AvgIpc) is 2.43. The fourth-order valence-electron chi connectivity index (χ4n) is 4.15. The monoisotopic (exact) mass is 331 g/mol. The summed E-state index contributed by atoms with van der Waals surface area (Å²) in [7, 11) is 0. The average molecular weight is 332 g/mol. The molecule has 1 aromatic carbocycles. The fraction of sp³-hybridized carbons (Fsp3) is 0.571. The number of benzene rings is 1. The molecule has 24 heavy (non-hydrogen) atoms. The summed E-state index contributed by atoms with van der Waals surface area (Å²) in [6.07, 6.45) is 5.15. The molecule has 0 bridgehead atoms. The summed E-state index contributed by atoms with van der Waals surface area (Å²) in [6.45, 7) is 14.7. The Hall–Kier alpha value is -1.61. The minimum absolute atomic E-state index is 0.289. The zero-order chi connectivity index (χ0) is 18.4. The van der Waals surface area contributed by atoms with Crippen LogP contribution in [0, 0.1) is 5.92 Å². The van der Waals surface area contributed by atoms with E-state index in [0.29, 0.717) is 0 Å². The van der Waals surface area contributed by atoms with E-state index in [-0.39, 0.29) is 11.1 Å². The van der Waals surface area contributed by atoms with E-state index >= 15 is 0 Å². The van der Waals surface area contributed by atoms with Gasteiger partial charge in [-0.2, -0.15) is 0 Å². The number of hydrogen-bond donors (Lipinski definition) is 1. The van der Waals surface area contributed by atoms with Gasteiger partial charge in [-0.15, -0.1) is 0 Å². The second kappa shape index (κ2) is 8.48. The van der Waals surface area contributed by atoms with E-state index in [2.05, 4.69) is 69.9 Å². The summed E-state index contributed by atoms with van der Waals surface area (Å²) in [4.78, 5) is 12.2. The molecule has 0 aliphatic carbocycles. The molecule has 0 unspecified atom stereocenters. The standard InChI is InChI=1S/C17H27N.C4H6O2/c1-14-11-16(2,3)18(17(4,5)12-14)13-15-9-7-6-8-10-15;1-2-3-4(5)6/h6-10,14H,11-13H2,1-5H3;2-3H,1H3,(H,5,6)/b;3-2+. The number of carbonyl (C=O) groups is 1. The maximum atomic E-state index is 9.51. The van der Waals surface area contributed by atoms with Gasteiger partial charge in [0.1, 0.15) is 0 Å². The van der Waals surface area contributed by atoms with Gasteiger partial charge in [0, 0.05) is 23.7 Å². The number of carboxylic acids is 1. The van der Waals surface area contributed by atoms with Crippen molar-refractivity contribution in [1.29, 1.82) is 0 Å². The Bertz CT molecular complexity index is 528. The topological polar surface area (TPSA) is 40.5 Å². The number of likely N-dealkylation sites (tertiary alicyclic amines) is 1. The molecule has 134 valence electrons. The highest BCUT2D eigenvalue weighted by molar-refractivity contribution is 5.79. The molecule has 1 aromatic rings. The smallest absolute Gasteiger partial charge is 0.327 e. The molecule has 3 nitrogen and oxygen atoms in total. The first-order valence-corrected chi connectivity index (χ1v) is 8.76. The van der Waals surface area contributed by atoms with Crippen LogP contribution in [0.1, 0.15) is 59.9 Å². The van der Waals surface area contributed by atoms with Crippen molar-refractivity contribution in [2.45, 2.75) is 72.0 Å². The Labute approximate surface area is 147 Å². The van der Waals surface area contributed by atoms with Gasteiger partial charge in [-0.05, 0) is 58.9 Å². The molecule has 2 rings (SSSR count). The lowest BCUT2D eigenvalue weighted by Crippen LogP contribution is -2.59. The minimum Gasteiger partial charge on any atom is -0.478 e. The second-order valence-electron chi connectivity index (χ2n) is 8.05. The van der Waals surface area contributed by atoms with Crippen LogP contribution in [-0.2, 0) is 11.3 Å². The van der Waals surface area contributed by atoms with E-state index in [1.165, 1.54) is 24.5 Å². The maximum Gasteiger partial charge on any atom is 0.327 e. The van der Waals surface area contributed by atoms with Crippen molar-refractivity contribution in [2.24, 2.45) is 5.92 Å². The SMILES string of the molecule is C/C=C/C(=O)O.CC1CC(C)(C)N(Cc2ccccc2)C(C)(C)C1. The predicted molar refractivity (Wildman–Crippen MR) is 101 cm³/mol. The molecule has 1 aliphatic heterocycles. The summed E-state index contributed by atoms with van der Waals surface area (Å²) in [5.74, 6) is -0.0699. The van der Waals surface area contributed by atoms with Crippen molar-refractivity contribution in [3.05, 3.63) is 48.0 Å². The third-order valence-corrected chi connectivity index (χ3v) is 4.65. The number of rotatable bonds is 3. The van der Waals surface area contributed by atoms with Gasteiger partial charge in [-0.1, -0.05) is 43.3 Å². The summed E-state index contributed by atoms with van der Waals surface area (Å²) in [5.41, 5.74) is 2.00. The lowest BCUT2D eigenvalue weighted by Gasteiger charge is -2.55. The van der Waals surface area contributed by atoms with E-state index in [9.17, 15) is 4.79 Å². The van der Waals surface area contributed by atoms with Gasteiger partial charge >= 0.3 is 5.97 Å². The van der Waals surface area contributed by atoms with Crippen LogP contribution in [0.25, 0.3) is 0 Å². The summed E-state index contributed by atoms with van der Waals surface area (Å²) < 4.78 is 0. The van der Waals surface area contributed by atoms with Gasteiger partial charge in [-0.25, -0.2) is 4.79 Å². The van der Waals surface area contributed by atoms with Crippen LogP contribution < -0.4 is 0 Å². The van der Waals surface area contributed by atoms with E-state index in [1.807, 2.05) is 0 Å². The summed E-state index contributed by atoms with van der Waals surface area (Å²) >= 11 is 0. The van der Waals surface area contributed by atoms with Gasteiger partial charge in [0.2, 0.25) is 0 Å². The van der Waals surface area contributed by atoms with Crippen molar-refractivity contribution in [3.8, 4) is 0 Å². The van der Waals surface area contributed by atoms with Crippen LogP contribution in [-0.4, -0.2) is 27.1 Å². The Morgan fingerprint density at radius 3 is 2.04 bits per heavy atom. The highest BCUT2D eigenvalue weighted by Crippen LogP contribution is 2.41. The van der Waals surface area contributed by atoms with Crippen LogP contribution in [0.5, 0.6) is 0 Å². The molecule has 1 N–H and O–H groups in total. The second-order valence-corrected chi connectivity index (χ2v) is 8.05. The third kappa shape index (κ3) is 6.12. The molecule has 0 amide bonds. The molecule has 0 atom stereocenters. The quantitative estimate of drug-likeness (QED) is 0.781. The third-order valence-electron chi connectivity index (χ3n) is 4.65. The molecule has 0 aromatic heterocycles. The highest BCUT2D eigenvalue weighted by Gasteiger charge is 2.43. The normalized spacial score (nSPS) is 20.4. The minimum atomic E-state index is -0.891. The fourth-order valence-corrected chi connectivity index (χ4v) is 4.15. The van der Waals surface area contributed by atoms with E-state index in [4.69, 9.17) is 5.11 Å². The molecule has 0 saturated carbocycles. The Kier molecular flexibility index (Phi) is 7.22. The Morgan fingerprint density at radius 1 is 1.17 bits per heavy atom. The largest absolute Gasteiger partial charge is 0.478 e. The molecule has 0 radical (unpaired) electrons. The number of carboxylic acid groups (broad SMARTS) is 1. The zero-order valence-electron chi connectivity index (χ0n) is 16.0. The van der Waals surface area contributed by atoms with Crippen molar-refractivity contribution in [2.75, 3.05) is 0 Å². The molecule has 3 heteroatoms. The van der Waals surface area contributed by atoms with Crippen LogP contribution in [0.15, 0.2) is 42.5 Å². The predicted octanol–water partition coefficient (Wildman–Crippen LogP) is 5.12. The molecule has 1 heterocycles. The van der Waals surface area contributed by atoms with Crippen LogP contribution in [0.3, 0.4) is 0 Å². The van der Waals surface area contributed by atoms with Gasteiger partial charge in [-0.3, -0.25) is 4.90 Å². The number of aliphatic carboxylic acids is 1. The van der Waals surface area contributed by atoms with Gasteiger partial charge in [0.05, 0.1) is 0 Å². The van der Waals surface area contributed by atoms with Crippen molar-refractivity contribution >= 4 is 5.97 Å². The summed E-state index contributed by atoms with van der Waals surface area (Å²) in [5, 5.41) is 7.83. The number of nitrogens with zero attached hydrogens (tertiary/aromatic N) is 1. The molecular weight excluding hydrogens is 298 g/mol. The molecule has 1 fully saturated rings. The van der Waals surface area contributed by atoms with Crippen LogP contribution >= 0.6 is 0 Å². The van der Waals surface area contributed by atoms with Crippen molar-refractivity contribution in [1.82, 2.24) is 4.90 Å². The van der Waals surface area contributed by atoms with Gasteiger partial charge in [0.25, 0.3) is 0 Å². The molecular formula is C21H33NO2. The first-order valence-electron chi connectivity index (χ1n) is 8.76. The van der Waals surface area contributed by atoms with E-state index in [1.54, 1.807) is 6.92 Å². The molecule has 1 aliphatic rings. The van der Waals surface area contributed by atoms with E-state index in [0.717, 1.165) is 18.5 Å². The number of piperidine rings is 1. The van der Waals surface area contributed by atoms with Crippen LogP contribution in [0.2, 0.25) is 0 Å². The van der Waals surface area contributed by atoms with Gasteiger partial charge < -0.3 is 5.11 Å². The van der Waals surface area contributed by atoms with Crippen molar-refractivity contribution in [3.63, 3.8) is 0 Å². The first kappa shape index (κ1) is 20.4. The maximum absolute atomic E-state index is 9.51. The molecule has 1 saturated heterocycles. The first-order chi connectivity index (χ1) is 11.1. The summed E-state index contributed by atoms with van der Waals surface area (Å²) in [6, 6.07) is 10.9.